The van der Waals surface area contributed by atoms with Gasteiger partial charge in [0, 0.05) is 25.2 Å². The Hall–Kier alpha value is -0.130. The van der Waals surface area contributed by atoms with Gasteiger partial charge in [-0.3, -0.25) is 0 Å². The van der Waals surface area contributed by atoms with E-state index in [1.54, 1.807) is 4.31 Å². The SMILES string of the molecule is C[C@@H]1CNC[C@H](C)N1S(C)(=O)=O. The Labute approximate surface area is 74.0 Å². The Morgan fingerprint density at radius 1 is 1.25 bits per heavy atom. The minimum atomic E-state index is -3.03. The summed E-state index contributed by atoms with van der Waals surface area (Å²) in [6.07, 6.45) is 1.27. The summed E-state index contributed by atoms with van der Waals surface area (Å²) in [5, 5.41) is 3.18. The predicted molar refractivity (Wildman–Crippen MR) is 48.5 cm³/mol. The second-order valence-corrected chi connectivity index (χ2v) is 5.34. The molecule has 4 nitrogen and oxygen atoms in total. The largest absolute Gasteiger partial charge is 0.314 e. The van der Waals surface area contributed by atoms with E-state index in [2.05, 4.69) is 5.32 Å². The van der Waals surface area contributed by atoms with E-state index < -0.39 is 10.0 Å². The van der Waals surface area contributed by atoms with Gasteiger partial charge >= 0.3 is 0 Å². The quantitative estimate of drug-likeness (QED) is 0.616. The van der Waals surface area contributed by atoms with Crippen LogP contribution >= 0.6 is 0 Å². The highest BCUT2D eigenvalue weighted by Crippen LogP contribution is 2.13. The van der Waals surface area contributed by atoms with Crippen LogP contribution in [-0.4, -0.2) is 44.2 Å². The lowest BCUT2D eigenvalue weighted by molar-refractivity contribution is 0.221. The molecule has 0 aliphatic carbocycles. The van der Waals surface area contributed by atoms with Gasteiger partial charge < -0.3 is 5.32 Å². The van der Waals surface area contributed by atoms with Crippen LogP contribution in [0.3, 0.4) is 0 Å². The number of hydrogen-bond donors (Lipinski definition) is 1. The minimum Gasteiger partial charge on any atom is -0.314 e. The number of piperazine rings is 1. The molecule has 1 fully saturated rings. The highest BCUT2D eigenvalue weighted by atomic mass is 32.2. The zero-order valence-electron chi connectivity index (χ0n) is 7.74. The first-order valence-electron chi connectivity index (χ1n) is 4.12. The van der Waals surface area contributed by atoms with E-state index in [1.165, 1.54) is 6.26 Å². The number of rotatable bonds is 1. The van der Waals surface area contributed by atoms with Crippen LogP contribution in [-0.2, 0) is 10.0 Å². The Balaban J connectivity index is 2.84. The highest BCUT2D eigenvalue weighted by molar-refractivity contribution is 7.88. The van der Waals surface area contributed by atoms with Gasteiger partial charge in [0.2, 0.25) is 10.0 Å². The Morgan fingerprint density at radius 3 is 1.92 bits per heavy atom. The molecule has 0 amide bonds. The van der Waals surface area contributed by atoms with Gasteiger partial charge in [-0.2, -0.15) is 4.31 Å². The zero-order chi connectivity index (χ0) is 9.35. The summed E-state index contributed by atoms with van der Waals surface area (Å²) in [7, 11) is -3.03. The van der Waals surface area contributed by atoms with E-state index >= 15 is 0 Å². The molecule has 12 heavy (non-hydrogen) atoms. The first kappa shape index (κ1) is 9.95. The molecule has 2 atom stereocenters. The maximum Gasteiger partial charge on any atom is 0.211 e. The van der Waals surface area contributed by atoms with Crippen molar-refractivity contribution >= 4 is 10.0 Å². The van der Waals surface area contributed by atoms with Gasteiger partial charge in [0.1, 0.15) is 0 Å². The van der Waals surface area contributed by atoms with Crippen molar-refractivity contribution in [3.05, 3.63) is 0 Å². The summed E-state index contributed by atoms with van der Waals surface area (Å²) < 4.78 is 24.2. The van der Waals surface area contributed by atoms with E-state index in [1.807, 2.05) is 13.8 Å². The molecule has 1 saturated heterocycles. The molecule has 0 aromatic rings. The van der Waals surface area contributed by atoms with Crippen molar-refractivity contribution in [2.45, 2.75) is 25.9 Å². The molecule has 0 spiro atoms. The predicted octanol–water partition coefficient (Wildman–Crippen LogP) is -0.372. The molecule has 0 radical (unpaired) electrons. The lowest BCUT2D eigenvalue weighted by Gasteiger charge is -2.37. The normalized spacial score (nSPS) is 33.6. The van der Waals surface area contributed by atoms with Crippen LogP contribution in [0.1, 0.15) is 13.8 Å². The third-order valence-electron chi connectivity index (χ3n) is 2.13. The third-order valence-corrected chi connectivity index (χ3v) is 3.62. The third kappa shape index (κ3) is 1.97. The van der Waals surface area contributed by atoms with E-state index in [4.69, 9.17) is 0 Å². The molecular weight excluding hydrogens is 176 g/mol. The second-order valence-electron chi connectivity index (χ2n) is 3.45. The summed E-state index contributed by atoms with van der Waals surface area (Å²) in [4.78, 5) is 0. The van der Waals surface area contributed by atoms with Crippen molar-refractivity contribution in [3.8, 4) is 0 Å². The molecular formula is C7H16N2O2S. The van der Waals surface area contributed by atoms with Crippen LogP contribution in [0.25, 0.3) is 0 Å². The van der Waals surface area contributed by atoms with Crippen LogP contribution in [0.4, 0.5) is 0 Å². The summed E-state index contributed by atoms with van der Waals surface area (Å²) in [5.74, 6) is 0. The Kier molecular flexibility index (Phi) is 2.75. The molecule has 1 N–H and O–H groups in total. The van der Waals surface area contributed by atoms with Gasteiger partial charge in [0.25, 0.3) is 0 Å². The van der Waals surface area contributed by atoms with Gasteiger partial charge in [-0.05, 0) is 13.8 Å². The molecule has 0 aromatic carbocycles. The van der Waals surface area contributed by atoms with E-state index in [0.29, 0.717) is 0 Å². The van der Waals surface area contributed by atoms with Crippen molar-refractivity contribution in [2.24, 2.45) is 0 Å². The Bertz CT molecular complexity index is 240. The van der Waals surface area contributed by atoms with Crippen molar-refractivity contribution < 1.29 is 8.42 Å². The van der Waals surface area contributed by atoms with Crippen LogP contribution in [0.15, 0.2) is 0 Å². The van der Waals surface area contributed by atoms with E-state index in [9.17, 15) is 8.42 Å². The summed E-state index contributed by atoms with van der Waals surface area (Å²) >= 11 is 0. The molecule has 72 valence electrons. The highest BCUT2D eigenvalue weighted by Gasteiger charge is 2.31. The first-order chi connectivity index (χ1) is 5.43. The lowest BCUT2D eigenvalue weighted by atomic mass is 10.2. The van der Waals surface area contributed by atoms with Gasteiger partial charge in [-0.25, -0.2) is 8.42 Å². The zero-order valence-corrected chi connectivity index (χ0v) is 8.56. The van der Waals surface area contributed by atoms with Crippen LogP contribution in [0, 0.1) is 0 Å². The van der Waals surface area contributed by atoms with Gasteiger partial charge in [0.15, 0.2) is 0 Å². The van der Waals surface area contributed by atoms with E-state index in [0.717, 1.165) is 13.1 Å². The molecule has 0 bridgehead atoms. The molecule has 0 unspecified atom stereocenters. The second kappa shape index (κ2) is 3.32. The maximum absolute atomic E-state index is 11.3. The molecule has 1 rings (SSSR count). The Morgan fingerprint density at radius 2 is 1.67 bits per heavy atom. The average molecular weight is 192 g/mol. The van der Waals surface area contributed by atoms with Crippen molar-refractivity contribution in [1.29, 1.82) is 0 Å². The van der Waals surface area contributed by atoms with Gasteiger partial charge in [-0.15, -0.1) is 0 Å². The van der Waals surface area contributed by atoms with Crippen LogP contribution in [0.2, 0.25) is 0 Å². The fourth-order valence-electron chi connectivity index (χ4n) is 1.77. The average Bonchev–Trinajstić information content (AvgIpc) is 1.82. The molecule has 1 aliphatic heterocycles. The number of nitrogens with zero attached hydrogens (tertiary/aromatic N) is 1. The molecule has 0 aromatic heterocycles. The fourth-order valence-corrected chi connectivity index (χ4v) is 3.23. The topological polar surface area (TPSA) is 49.4 Å². The van der Waals surface area contributed by atoms with Gasteiger partial charge in [0.05, 0.1) is 6.26 Å². The number of sulfonamides is 1. The fraction of sp³-hybridized carbons (Fsp3) is 1.00. The first-order valence-corrected chi connectivity index (χ1v) is 5.97. The molecule has 5 heteroatoms. The van der Waals surface area contributed by atoms with E-state index in [-0.39, 0.29) is 12.1 Å². The smallest absolute Gasteiger partial charge is 0.211 e. The summed E-state index contributed by atoms with van der Waals surface area (Å²) in [5.41, 5.74) is 0. The van der Waals surface area contributed by atoms with Crippen molar-refractivity contribution in [2.75, 3.05) is 19.3 Å². The summed E-state index contributed by atoms with van der Waals surface area (Å²) in [6.45, 7) is 5.34. The number of nitrogens with one attached hydrogen (secondary N) is 1. The molecule has 1 heterocycles. The van der Waals surface area contributed by atoms with Crippen LogP contribution < -0.4 is 5.32 Å². The molecule has 0 saturated carbocycles. The standard InChI is InChI=1S/C7H16N2O2S/c1-6-4-8-5-7(2)9(6)12(3,10)11/h6-8H,4-5H2,1-3H3/t6-,7+. The minimum absolute atomic E-state index is 0.0729. The maximum atomic E-state index is 11.3. The molecule has 1 aliphatic rings. The monoisotopic (exact) mass is 192 g/mol. The van der Waals surface area contributed by atoms with Gasteiger partial charge in [-0.1, -0.05) is 0 Å². The lowest BCUT2D eigenvalue weighted by Crippen LogP contribution is -2.56. The summed E-state index contributed by atoms with van der Waals surface area (Å²) in [6, 6.07) is 0.146. The van der Waals surface area contributed by atoms with Crippen molar-refractivity contribution in [3.63, 3.8) is 0 Å². The van der Waals surface area contributed by atoms with Crippen molar-refractivity contribution in [1.82, 2.24) is 9.62 Å². The number of hydrogen-bond acceptors (Lipinski definition) is 3. The van der Waals surface area contributed by atoms with Crippen LogP contribution in [0.5, 0.6) is 0 Å².